The van der Waals surface area contributed by atoms with E-state index in [2.05, 4.69) is 13.5 Å². The Bertz CT molecular complexity index is 112. The standard InChI is InChI=1S/C9H19NO/c1-8(2)4-5-11-7-9(3)6-10/h9H,1,4-7,10H2,2-3H3. The molecule has 2 nitrogen and oxygen atoms in total. The van der Waals surface area contributed by atoms with E-state index < -0.39 is 0 Å². The van der Waals surface area contributed by atoms with E-state index in [1.807, 2.05) is 6.92 Å². The van der Waals surface area contributed by atoms with Gasteiger partial charge in [-0.25, -0.2) is 0 Å². The first-order valence-electron chi connectivity index (χ1n) is 4.09. The van der Waals surface area contributed by atoms with Crippen molar-refractivity contribution in [2.45, 2.75) is 20.3 Å². The molecule has 0 heterocycles. The Kier molecular flexibility index (Phi) is 6.18. The molecule has 1 unspecified atom stereocenters. The molecule has 11 heavy (non-hydrogen) atoms. The van der Waals surface area contributed by atoms with Gasteiger partial charge in [-0.2, -0.15) is 0 Å². The van der Waals surface area contributed by atoms with Crippen LogP contribution in [0, 0.1) is 5.92 Å². The van der Waals surface area contributed by atoms with E-state index in [-0.39, 0.29) is 0 Å². The lowest BCUT2D eigenvalue weighted by Crippen LogP contribution is -2.16. The van der Waals surface area contributed by atoms with Gasteiger partial charge in [-0.3, -0.25) is 0 Å². The maximum atomic E-state index is 5.42. The highest BCUT2D eigenvalue weighted by molar-refractivity contribution is 4.87. The number of rotatable bonds is 6. The zero-order valence-corrected chi connectivity index (χ0v) is 7.60. The molecule has 0 bridgehead atoms. The van der Waals surface area contributed by atoms with Crippen LogP contribution in [0.2, 0.25) is 0 Å². The van der Waals surface area contributed by atoms with Crippen LogP contribution in [0.25, 0.3) is 0 Å². The molecule has 2 N–H and O–H groups in total. The van der Waals surface area contributed by atoms with Crippen LogP contribution in [0.5, 0.6) is 0 Å². The highest BCUT2D eigenvalue weighted by Gasteiger charge is 1.97. The second-order valence-electron chi connectivity index (χ2n) is 3.12. The van der Waals surface area contributed by atoms with Crippen LogP contribution in [0.15, 0.2) is 12.2 Å². The van der Waals surface area contributed by atoms with E-state index in [0.29, 0.717) is 12.5 Å². The van der Waals surface area contributed by atoms with Crippen LogP contribution >= 0.6 is 0 Å². The lowest BCUT2D eigenvalue weighted by atomic mass is 10.2. The van der Waals surface area contributed by atoms with Gasteiger partial charge in [0.2, 0.25) is 0 Å². The number of hydrogen-bond acceptors (Lipinski definition) is 2. The van der Waals surface area contributed by atoms with Crippen molar-refractivity contribution in [2.75, 3.05) is 19.8 Å². The first-order valence-corrected chi connectivity index (χ1v) is 4.09. The van der Waals surface area contributed by atoms with E-state index in [1.165, 1.54) is 5.57 Å². The Balaban J connectivity index is 3.08. The fourth-order valence-corrected chi connectivity index (χ4v) is 0.599. The van der Waals surface area contributed by atoms with Crippen molar-refractivity contribution in [3.63, 3.8) is 0 Å². The fourth-order valence-electron chi connectivity index (χ4n) is 0.599. The average Bonchev–Trinajstić information content (AvgIpc) is 1.97. The van der Waals surface area contributed by atoms with Crippen LogP contribution in [-0.2, 0) is 4.74 Å². The normalized spacial score (nSPS) is 13.0. The summed E-state index contributed by atoms with van der Waals surface area (Å²) in [6.07, 6.45) is 0.956. The molecule has 0 radical (unpaired) electrons. The fraction of sp³-hybridized carbons (Fsp3) is 0.778. The molecule has 0 amide bonds. The molecule has 0 spiro atoms. The summed E-state index contributed by atoms with van der Waals surface area (Å²) in [5.41, 5.74) is 6.59. The SMILES string of the molecule is C=C(C)CCOCC(C)CN. The smallest absolute Gasteiger partial charge is 0.0503 e. The average molecular weight is 157 g/mol. The van der Waals surface area contributed by atoms with Crippen molar-refractivity contribution in [1.82, 2.24) is 0 Å². The molecule has 2 heteroatoms. The molecule has 0 fully saturated rings. The van der Waals surface area contributed by atoms with E-state index in [0.717, 1.165) is 19.6 Å². The van der Waals surface area contributed by atoms with Crippen molar-refractivity contribution < 1.29 is 4.74 Å². The van der Waals surface area contributed by atoms with Gasteiger partial charge in [0, 0.05) is 0 Å². The van der Waals surface area contributed by atoms with Crippen molar-refractivity contribution >= 4 is 0 Å². The van der Waals surface area contributed by atoms with Gasteiger partial charge in [0.1, 0.15) is 0 Å². The largest absolute Gasteiger partial charge is 0.381 e. The van der Waals surface area contributed by atoms with Crippen LogP contribution in [0.1, 0.15) is 20.3 Å². The topological polar surface area (TPSA) is 35.2 Å². The van der Waals surface area contributed by atoms with Gasteiger partial charge in [0.25, 0.3) is 0 Å². The number of hydrogen-bond donors (Lipinski definition) is 1. The molecule has 66 valence electrons. The summed E-state index contributed by atoms with van der Waals surface area (Å²) in [6.45, 7) is 10.1. The predicted octanol–water partition coefficient (Wildman–Crippen LogP) is 1.56. The molecule has 0 aromatic rings. The van der Waals surface area contributed by atoms with E-state index >= 15 is 0 Å². The van der Waals surface area contributed by atoms with Gasteiger partial charge in [0.05, 0.1) is 13.2 Å². The summed E-state index contributed by atoms with van der Waals surface area (Å²) in [4.78, 5) is 0. The third kappa shape index (κ3) is 7.56. The minimum Gasteiger partial charge on any atom is -0.381 e. The molecule has 1 atom stereocenters. The van der Waals surface area contributed by atoms with Gasteiger partial charge in [0.15, 0.2) is 0 Å². The van der Waals surface area contributed by atoms with E-state index in [1.54, 1.807) is 0 Å². The summed E-state index contributed by atoms with van der Waals surface area (Å²) in [6, 6.07) is 0. The Labute approximate surface area is 69.4 Å². The molecular weight excluding hydrogens is 138 g/mol. The van der Waals surface area contributed by atoms with E-state index in [9.17, 15) is 0 Å². The van der Waals surface area contributed by atoms with Crippen LogP contribution in [-0.4, -0.2) is 19.8 Å². The van der Waals surface area contributed by atoms with Gasteiger partial charge in [-0.15, -0.1) is 6.58 Å². The monoisotopic (exact) mass is 157 g/mol. The summed E-state index contributed by atoms with van der Waals surface area (Å²) in [5.74, 6) is 0.472. The maximum absolute atomic E-state index is 5.42. The van der Waals surface area contributed by atoms with Gasteiger partial charge in [-0.1, -0.05) is 12.5 Å². The molecule has 0 saturated carbocycles. The summed E-state index contributed by atoms with van der Waals surface area (Å²) < 4.78 is 5.36. The minimum atomic E-state index is 0.472. The predicted molar refractivity (Wildman–Crippen MR) is 48.5 cm³/mol. The number of ether oxygens (including phenoxy) is 1. The molecule has 0 aliphatic rings. The zero-order valence-electron chi connectivity index (χ0n) is 7.60. The maximum Gasteiger partial charge on any atom is 0.0503 e. The van der Waals surface area contributed by atoms with Crippen molar-refractivity contribution in [3.05, 3.63) is 12.2 Å². The Morgan fingerprint density at radius 1 is 1.64 bits per heavy atom. The molecule has 0 aliphatic carbocycles. The Morgan fingerprint density at radius 3 is 2.73 bits per heavy atom. The van der Waals surface area contributed by atoms with E-state index in [4.69, 9.17) is 10.5 Å². The third-order valence-corrected chi connectivity index (χ3v) is 1.48. The van der Waals surface area contributed by atoms with Crippen LogP contribution in [0.3, 0.4) is 0 Å². The minimum absolute atomic E-state index is 0.472. The Morgan fingerprint density at radius 2 is 2.27 bits per heavy atom. The first kappa shape index (κ1) is 10.7. The summed E-state index contributed by atoms with van der Waals surface area (Å²) in [7, 11) is 0. The van der Waals surface area contributed by atoms with Gasteiger partial charge in [-0.05, 0) is 25.8 Å². The van der Waals surface area contributed by atoms with Gasteiger partial charge < -0.3 is 10.5 Å². The van der Waals surface area contributed by atoms with Crippen LogP contribution < -0.4 is 5.73 Å². The second-order valence-corrected chi connectivity index (χ2v) is 3.12. The Hall–Kier alpha value is -0.340. The molecule has 0 aromatic heterocycles. The van der Waals surface area contributed by atoms with Crippen LogP contribution in [0.4, 0.5) is 0 Å². The molecule has 0 saturated heterocycles. The molecule has 0 aromatic carbocycles. The van der Waals surface area contributed by atoms with Crippen molar-refractivity contribution in [1.29, 1.82) is 0 Å². The number of nitrogens with two attached hydrogens (primary N) is 1. The lowest BCUT2D eigenvalue weighted by molar-refractivity contribution is 0.110. The molecular formula is C9H19NO. The zero-order chi connectivity index (χ0) is 8.69. The van der Waals surface area contributed by atoms with Gasteiger partial charge >= 0.3 is 0 Å². The van der Waals surface area contributed by atoms with Crippen molar-refractivity contribution in [3.8, 4) is 0 Å². The highest BCUT2D eigenvalue weighted by atomic mass is 16.5. The third-order valence-electron chi connectivity index (χ3n) is 1.48. The quantitative estimate of drug-likeness (QED) is 0.469. The molecule has 0 rings (SSSR count). The van der Waals surface area contributed by atoms with Crippen molar-refractivity contribution in [2.24, 2.45) is 11.7 Å². The summed E-state index contributed by atoms with van der Waals surface area (Å²) in [5, 5.41) is 0. The highest BCUT2D eigenvalue weighted by Crippen LogP contribution is 1.97. The second kappa shape index (κ2) is 6.38. The summed E-state index contributed by atoms with van der Waals surface area (Å²) >= 11 is 0. The molecule has 0 aliphatic heterocycles. The first-order chi connectivity index (χ1) is 5.16. The lowest BCUT2D eigenvalue weighted by Gasteiger charge is -2.08.